The average Bonchev–Trinajstić information content (AvgIpc) is 2.63. The van der Waals surface area contributed by atoms with E-state index in [9.17, 15) is 4.79 Å². The number of hydrogen-bond acceptors (Lipinski definition) is 6. The van der Waals surface area contributed by atoms with Crippen LogP contribution in [0.3, 0.4) is 0 Å². The molecule has 0 unspecified atom stereocenters. The minimum atomic E-state index is -0.147. The Morgan fingerprint density at radius 1 is 1.28 bits per heavy atom. The summed E-state index contributed by atoms with van der Waals surface area (Å²) in [5.41, 5.74) is 1.95. The molecule has 3 heterocycles. The Kier molecular flexibility index (Phi) is 4.05. The van der Waals surface area contributed by atoms with Gasteiger partial charge in [0.15, 0.2) is 5.82 Å². The first-order valence-corrected chi connectivity index (χ1v) is 8.48. The number of para-hydroxylation sites is 1. The van der Waals surface area contributed by atoms with Crippen molar-refractivity contribution in [1.29, 1.82) is 0 Å². The number of H-pyrrole nitrogens is 1. The maximum Gasteiger partial charge on any atom is 0.290 e. The minimum Gasteiger partial charge on any atom is -0.365 e. The third kappa shape index (κ3) is 3.05. The van der Waals surface area contributed by atoms with E-state index in [0.29, 0.717) is 5.82 Å². The number of aryl methyl sites for hydroxylation is 1. The zero-order valence-electron chi connectivity index (χ0n) is 14.1. The van der Waals surface area contributed by atoms with Gasteiger partial charge >= 0.3 is 0 Å². The summed E-state index contributed by atoms with van der Waals surface area (Å²) in [6.45, 7) is 3.61. The molecule has 2 N–H and O–H groups in total. The van der Waals surface area contributed by atoms with Gasteiger partial charge in [0, 0.05) is 36.9 Å². The van der Waals surface area contributed by atoms with Gasteiger partial charge in [-0.3, -0.25) is 4.79 Å². The van der Waals surface area contributed by atoms with Crippen molar-refractivity contribution in [1.82, 2.24) is 19.9 Å². The van der Waals surface area contributed by atoms with Crippen LogP contribution in [0, 0.1) is 6.92 Å². The summed E-state index contributed by atoms with van der Waals surface area (Å²) < 4.78 is 0. The molecule has 1 atom stereocenters. The van der Waals surface area contributed by atoms with Crippen molar-refractivity contribution in [2.24, 2.45) is 0 Å². The summed E-state index contributed by atoms with van der Waals surface area (Å²) in [6, 6.07) is 6.31. The molecule has 4 rings (SSSR count). The highest BCUT2D eigenvalue weighted by molar-refractivity contribution is 5.90. The number of nitrogens with one attached hydrogen (secondary N) is 2. The van der Waals surface area contributed by atoms with E-state index >= 15 is 0 Å². The summed E-state index contributed by atoms with van der Waals surface area (Å²) in [5.74, 6) is 1.33. The van der Waals surface area contributed by atoms with Crippen molar-refractivity contribution in [3.63, 3.8) is 0 Å². The van der Waals surface area contributed by atoms with Gasteiger partial charge in [-0.25, -0.2) is 15.0 Å². The topological polar surface area (TPSA) is 86.8 Å². The predicted octanol–water partition coefficient (Wildman–Crippen LogP) is 2.10. The lowest BCUT2D eigenvalue weighted by Crippen LogP contribution is -2.44. The second-order valence-electron chi connectivity index (χ2n) is 6.36. The molecule has 2 aromatic heterocycles. The summed E-state index contributed by atoms with van der Waals surface area (Å²) in [4.78, 5) is 29.8. The molecule has 0 saturated carbocycles. The number of hydrogen-bond donors (Lipinski definition) is 2. The monoisotopic (exact) mass is 336 g/mol. The lowest BCUT2D eigenvalue weighted by molar-refractivity contribution is 0.524. The average molecular weight is 336 g/mol. The van der Waals surface area contributed by atoms with Gasteiger partial charge in [-0.1, -0.05) is 12.1 Å². The first-order valence-electron chi connectivity index (χ1n) is 8.48. The Bertz CT molecular complexity index is 953. The molecule has 1 saturated heterocycles. The molecule has 1 aromatic carbocycles. The van der Waals surface area contributed by atoms with Gasteiger partial charge in [0.05, 0.1) is 5.52 Å². The molecule has 1 aliphatic heterocycles. The first-order chi connectivity index (χ1) is 12.2. The van der Waals surface area contributed by atoms with E-state index in [4.69, 9.17) is 0 Å². The molecule has 0 amide bonds. The Balaban J connectivity index is 1.58. The fourth-order valence-electron chi connectivity index (χ4n) is 3.40. The lowest BCUT2D eigenvalue weighted by atomic mass is 10.1. The highest BCUT2D eigenvalue weighted by Crippen LogP contribution is 2.24. The van der Waals surface area contributed by atoms with Crippen molar-refractivity contribution in [3.05, 3.63) is 52.8 Å². The van der Waals surface area contributed by atoms with Gasteiger partial charge < -0.3 is 15.2 Å². The summed E-state index contributed by atoms with van der Waals surface area (Å²) in [7, 11) is 0. The molecule has 0 spiro atoms. The van der Waals surface area contributed by atoms with Gasteiger partial charge in [0.2, 0.25) is 0 Å². The van der Waals surface area contributed by atoms with E-state index in [2.05, 4.69) is 38.2 Å². The number of aromatic amines is 1. The maximum atomic E-state index is 12.0. The Morgan fingerprint density at radius 2 is 2.20 bits per heavy atom. The van der Waals surface area contributed by atoms with Gasteiger partial charge in [0.25, 0.3) is 5.56 Å². The highest BCUT2D eigenvalue weighted by atomic mass is 16.1. The van der Waals surface area contributed by atoms with Crippen LogP contribution in [0.1, 0.15) is 18.4 Å². The highest BCUT2D eigenvalue weighted by Gasteiger charge is 2.23. The van der Waals surface area contributed by atoms with E-state index in [1.807, 2.05) is 17.0 Å². The van der Waals surface area contributed by atoms with E-state index in [1.54, 1.807) is 18.7 Å². The first kappa shape index (κ1) is 15.6. The van der Waals surface area contributed by atoms with Gasteiger partial charge in [0.1, 0.15) is 12.1 Å². The Labute approximate surface area is 145 Å². The van der Waals surface area contributed by atoms with Crippen LogP contribution >= 0.6 is 0 Å². The maximum absolute atomic E-state index is 12.0. The molecule has 3 aromatic rings. The summed E-state index contributed by atoms with van der Waals surface area (Å²) in [5, 5.41) is 4.56. The number of fused-ring (bicyclic) bond motifs is 1. The van der Waals surface area contributed by atoms with Crippen LogP contribution in [0.2, 0.25) is 0 Å². The van der Waals surface area contributed by atoms with Crippen LogP contribution in [0.4, 0.5) is 11.6 Å². The van der Waals surface area contributed by atoms with Crippen molar-refractivity contribution in [2.45, 2.75) is 25.8 Å². The zero-order chi connectivity index (χ0) is 17.2. The number of aromatic nitrogens is 4. The van der Waals surface area contributed by atoms with Gasteiger partial charge in [-0.05, 0) is 31.4 Å². The molecular formula is C18H20N6O. The molecule has 0 aliphatic carbocycles. The second-order valence-corrected chi connectivity index (χ2v) is 6.36. The van der Waals surface area contributed by atoms with Crippen LogP contribution in [0.5, 0.6) is 0 Å². The number of benzene rings is 1. The fourth-order valence-corrected chi connectivity index (χ4v) is 3.40. The normalized spacial score (nSPS) is 17.6. The Morgan fingerprint density at radius 3 is 3.08 bits per heavy atom. The zero-order valence-corrected chi connectivity index (χ0v) is 14.1. The lowest BCUT2D eigenvalue weighted by Gasteiger charge is -2.33. The molecule has 25 heavy (non-hydrogen) atoms. The van der Waals surface area contributed by atoms with Crippen molar-refractivity contribution < 1.29 is 0 Å². The second kappa shape index (κ2) is 6.51. The fraction of sp³-hybridized carbons (Fsp3) is 0.333. The van der Waals surface area contributed by atoms with Crippen molar-refractivity contribution in [2.75, 3.05) is 23.3 Å². The summed E-state index contributed by atoms with van der Waals surface area (Å²) in [6.07, 6.45) is 6.80. The molecular weight excluding hydrogens is 316 g/mol. The van der Waals surface area contributed by atoms with E-state index in [-0.39, 0.29) is 11.6 Å². The van der Waals surface area contributed by atoms with Crippen molar-refractivity contribution >= 4 is 22.5 Å². The van der Waals surface area contributed by atoms with E-state index in [1.165, 1.54) is 0 Å². The van der Waals surface area contributed by atoms with Gasteiger partial charge in [-0.15, -0.1) is 0 Å². The molecule has 0 bridgehead atoms. The van der Waals surface area contributed by atoms with E-state index in [0.717, 1.165) is 48.2 Å². The van der Waals surface area contributed by atoms with Crippen LogP contribution in [-0.2, 0) is 0 Å². The van der Waals surface area contributed by atoms with Crippen LogP contribution in [0.25, 0.3) is 10.9 Å². The standard InChI is InChI=1S/C18H20N6O/c1-12-4-2-6-14-15(12)21-11-22-16(14)23-13-5-3-9-24(10-13)17-18(25)20-8-7-19-17/h2,4,6-8,11,13H,3,5,9-10H2,1H3,(H,20,25)(H,21,22,23)/t13-/m0/s1. The van der Waals surface area contributed by atoms with Gasteiger partial charge in [-0.2, -0.15) is 0 Å². The van der Waals surface area contributed by atoms with Crippen LogP contribution < -0.4 is 15.8 Å². The number of nitrogens with zero attached hydrogens (tertiary/aromatic N) is 4. The number of piperidine rings is 1. The van der Waals surface area contributed by atoms with E-state index < -0.39 is 0 Å². The summed E-state index contributed by atoms with van der Waals surface area (Å²) >= 11 is 0. The smallest absolute Gasteiger partial charge is 0.290 e. The molecule has 0 radical (unpaired) electrons. The quantitative estimate of drug-likeness (QED) is 0.762. The van der Waals surface area contributed by atoms with Crippen LogP contribution in [-0.4, -0.2) is 39.1 Å². The van der Waals surface area contributed by atoms with Crippen molar-refractivity contribution in [3.8, 4) is 0 Å². The third-order valence-corrected chi connectivity index (χ3v) is 4.62. The minimum absolute atomic E-state index is 0.147. The largest absolute Gasteiger partial charge is 0.365 e. The van der Waals surface area contributed by atoms with Crippen LogP contribution in [0.15, 0.2) is 41.7 Å². The molecule has 128 valence electrons. The molecule has 7 nitrogen and oxygen atoms in total. The third-order valence-electron chi connectivity index (χ3n) is 4.62. The SMILES string of the molecule is Cc1cccc2c(N[C@H]3CCCN(c4ncc[nH]c4=O)C3)ncnc12. The molecule has 1 aliphatic rings. The number of anilines is 2. The molecule has 1 fully saturated rings. The Hall–Kier alpha value is -2.96. The molecule has 7 heteroatoms. The predicted molar refractivity (Wildman–Crippen MR) is 98.0 cm³/mol. The number of rotatable bonds is 3.